The van der Waals surface area contributed by atoms with E-state index < -0.39 is 0 Å². The van der Waals surface area contributed by atoms with Crippen molar-refractivity contribution in [3.05, 3.63) is 65.2 Å². The molecule has 2 aromatic rings. The van der Waals surface area contributed by atoms with Gasteiger partial charge in [-0.15, -0.1) is 24.0 Å². The second-order valence-corrected chi connectivity index (χ2v) is 7.78. The zero-order chi connectivity index (χ0) is 22.9. The third kappa shape index (κ3) is 7.62. The van der Waals surface area contributed by atoms with Crippen LogP contribution in [0.5, 0.6) is 5.75 Å². The molecule has 1 heterocycles. The van der Waals surface area contributed by atoms with Crippen LogP contribution in [0.2, 0.25) is 0 Å². The van der Waals surface area contributed by atoms with E-state index in [0.29, 0.717) is 31.1 Å². The zero-order valence-electron chi connectivity index (χ0n) is 19.3. The number of likely N-dealkylation sites (N-methyl/N-ethyl adjacent to an activating group) is 1. The average Bonchev–Trinajstić information content (AvgIpc) is 2.82. The molecule has 1 atom stereocenters. The fraction of sp³-hybridized carbons (Fsp3) is 0.375. The minimum absolute atomic E-state index is 0. The summed E-state index contributed by atoms with van der Waals surface area (Å²) in [5.41, 5.74) is 2.75. The molecule has 0 fully saturated rings. The first-order chi connectivity index (χ1) is 15.5. The molecule has 0 spiro atoms. The smallest absolute Gasteiger partial charge is 0.251 e. The number of ether oxygens (including phenoxy) is 1. The molecule has 1 aliphatic rings. The van der Waals surface area contributed by atoms with Crippen molar-refractivity contribution in [1.29, 1.82) is 0 Å². The number of hydrogen-bond donors (Lipinski definition) is 3. The number of carbonyl (C=O) groups is 2. The number of hydrogen-bond acceptors (Lipinski definition) is 4. The highest BCUT2D eigenvalue weighted by Gasteiger charge is 2.22. The Labute approximate surface area is 212 Å². The lowest BCUT2D eigenvalue weighted by Crippen LogP contribution is -2.42. The lowest BCUT2D eigenvalue weighted by atomic mass is 10.0. The summed E-state index contributed by atoms with van der Waals surface area (Å²) < 4.78 is 5.75. The Morgan fingerprint density at radius 1 is 1.15 bits per heavy atom. The van der Waals surface area contributed by atoms with Crippen LogP contribution >= 0.6 is 24.0 Å². The summed E-state index contributed by atoms with van der Waals surface area (Å²) >= 11 is 0. The van der Waals surface area contributed by atoms with Gasteiger partial charge in [-0.1, -0.05) is 30.3 Å². The molecule has 0 aromatic heterocycles. The molecule has 178 valence electrons. The van der Waals surface area contributed by atoms with Gasteiger partial charge in [-0.05, 0) is 30.2 Å². The summed E-state index contributed by atoms with van der Waals surface area (Å²) in [4.78, 5) is 30.0. The van der Waals surface area contributed by atoms with E-state index in [-0.39, 0.29) is 48.4 Å². The van der Waals surface area contributed by atoms with Gasteiger partial charge in [-0.25, -0.2) is 4.99 Å². The third-order valence-electron chi connectivity index (χ3n) is 5.26. The highest BCUT2D eigenvalue weighted by Crippen LogP contribution is 2.31. The maximum absolute atomic E-state index is 12.1. The fourth-order valence-corrected chi connectivity index (χ4v) is 3.44. The van der Waals surface area contributed by atoms with Crippen molar-refractivity contribution in [1.82, 2.24) is 20.9 Å². The minimum atomic E-state index is -0.107. The van der Waals surface area contributed by atoms with Crippen molar-refractivity contribution >= 4 is 41.8 Å². The van der Waals surface area contributed by atoms with Gasteiger partial charge < -0.3 is 25.6 Å². The second-order valence-electron chi connectivity index (χ2n) is 7.78. The van der Waals surface area contributed by atoms with Gasteiger partial charge in [0.05, 0.1) is 12.6 Å². The summed E-state index contributed by atoms with van der Waals surface area (Å²) in [5, 5.41) is 9.43. The van der Waals surface area contributed by atoms with Crippen LogP contribution in [0.25, 0.3) is 0 Å². The Morgan fingerprint density at radius 2 is 1.94 bits per heavy atom. The molecular weight excluding hydrogens is 533 g/mol. The van der Waals surface area contributed by atoms with Crippen molar-refractivity contribution in [2.24, 2.45) is 4.99 Å². The number of halogens is 1. The number of para-hydroxylation sites is 1. The third-order valence-corrected chi connectivity index (χ3v) is 5.26. The van der Waals surface area contributed by atoms with E-state index in [2.05, 4.69) is 20.9 Å². The van der Waals surface area contributed by atoms with Crippen molar-refractivity contribution in [3.8, 4) is 5.75 Å². The standard InChI is InChI=1S/C24H31N5O3.HI/c1-25-23(31)18-8-6-7-17(15-18)11-13-26-24(27-16-22(30)29(2)3)28-20-12-14-32-21-10-5-4-9-19(20)21;/h4-10,15,20H,11-14,16H2,1-3H3,(H,25,31)(H2,26,27,28);1H. The Bertz CT molecular complexity index is 980. The van der Waals surface area contributed by atoms with E-state index in [1.807, 2.05) is 42.5 Å². The number of nitrogens with zero attached hydrogens (tertiary/aromatic N) is 2. The SMILES string of the molecule is CNC(=O)c1cccc(CCNC(=NCC(=O)N(C)C)NC2CCOc3ccccc32)c1.I. The van der Waals surface area contributed by atoms with E-state index in [4.69, 9.17) is 4.74 Å². The van der Waals surface area contributed by atoms with Crippen LogP contribution in [0, 0.1) is 0 Å². The Morgan fingerprint density at radius 3 is 2.70 bits per heavy atom. The van der Waals surface area contributed by atoms with E-state index >= 15 is 0 Å². The maximum Gasteiger partial charge on any atom is 0.251 e. The Hall–Kier alpha value is -2.82. The molecule has 0 radical (unpaired) electrons. The van der Waals surface area contributed by atoms with Crippen molar-refractivity contribution in [2.75, 3.05) is 40.8 Å². The molecule has 0 saturated carbocycles. The van der Waals surface area contributed by atoms with Crippen molar-refractivity contribution in [3.63, 3.8) is 0 Å². The number of amides is 2. The van der Waals surface area contributed by atoms with Crippen LogP contribution in [0.3, 0.4) is 0 Å². The molecule has 0 saturated heterocycles. The molecule has 1 unspecified atom stereocenters. The minimum Gasteiger partial charge on any atom is -0.493 e. The van der Waals surface area contributed by atoms with E-state index in [0.717, 1.165) is 23.3 Å². The van der Waals surface area contributed by atoms with Gasteiger partial charge in [0.25, 0.3) is 5.91 Å². The predicted molar refractivity (Wildman–Crippen MR) is 140 cm³/mol. The zero-order valence-corrected chi connectivity index (χ0v) is 21.6. The second kappa shape index (κ2) is 13.0. The number of benzene rings is 2. The van der Waals surface area contributed by atoms with Gasteiger partial charge in [0, 0.05) is 45.2 Å². The lowest BCUT2D eigenvalue weighted by Gasteiger charge is -2.28. The quantitative estimate of drug-likeness (QED) is 0.272. The number of aliphatic imine (C=N–C) groups is 1. The van der Waals surface area contributed by atoms with Gasteiger partial charge >= 0.3 is 0 Å². The predicted octanol–water partition coefficient (Wildman–Crippen LogP) is 2.35. The summed E-state index contributed by atoms with van der Waals surface area (Å²) in [6.07, 6.45) is 1.51. The van der Waals surface area contributed by atoms with E-state index in [1.54, 1.807) is 27.2 Å². The lowest BCUT2D eigenvalue weighted by molar-refractivity contribution is -0.127. The maximum atomic E-state index is 12.1. The van der Waals surface area contributed by atoms with Crippen LogP contribution in [0.4, 0.5) is 0 Å². The molecule has 0 aliphatic carbocycles. The van der Waals surface area contributed by atoms with Crippen LogP contribution < -0.4 is 20.7 Å². The molecule has 3 N–H and O–H groups in total. The first-order valence-corrected chi connectivity index (χ1v) is 10.8. The van der Waals surface area contributed by atoms with E-state index in [1.165, 1.54) is 4.90 Å². The highest BCUT2D eigenvalue weighted by molar-refractivity contribution is 14.0. The van der Waals surface area contributed by atoms with Crippen LogP contribution in [0.15, 0.2) is 53.5 Å². The first kappa shape index (κ1) is 26.4. The number of fused-ring (bicyclic) bond motifs is 1. The van der Waals surface area contributed by atoms with Gasteiger partial charge in [0.15, 0.2) is 5.96 Å². The molecule has 33 heavy (non-hydrogen) atoms. The number of nitrogens with one attached hydrogen (secondary N) is 3. The van der Waals surface area contributed by atoms with Crippen LogP contribution in [0.1, 0.15) is 33.9 Å². The Balaban J connectivity index is 0.00000385. The largest absolute Gasteiger partial charge is 0.493 e. The monoisotopic (exact) mass is 565 g/mol. The molecule has 3 rings (SSSR count). The molecule has 2 amide bonds. The van der Waals surface area contributed by atoms with E-state index in [9.17, 15) is 9.59 Å². The number of carbonyl (C=O) groups excluding carboxylic acids is 2. The topological polar surface area (TPSA) is 95.1 Å². The average molecular weight is 565 g/mol. The van der Waals surface area contributed by atoms with Gasteiger partial charge in [-0.3, -0.25) is 9.59 Å². The summed E-state index contributed by atoms with van der Waals surface area (Å²) in [5.74, 6) is 1.26. The normalized spacial score (nSPS) is 14.8. The highest BCUT2D eigenvalue weighted by atomic mass is 127. The number of guanidine groups is 1. The van der Waals surface area contributed by atoms with Crippen molar-refractivity contribution in [2.45, 2.75) is 18.9 Å². The fourth-order valence-electron chi connectivity index (χ4n) is 3.44. The molecule has 9 heteroatoms. The number of rotatable bonds is 7. The molecule has 1 aliphatic heterocycles. The first-order valence-electron chi connectivity index (χ1n) is 10.8. The molecular formula is C24H32IN5O3. The molecule has 2 aromatic carbocycles. The summed E-state index contributed by atoms with van der Waals surface area (Å²) in [6, 6.07) is 15.5. The summed E-state index contributed by atoms with van der Waals surface area (Å²) in [7, 11) is 5.05. The van der Waals surface area contributed by atoms with Crippen LogP contribution in [-0.2, 0) is 11.2 Å². The van der Waals surface area contributed by atoms with Gasteiger partial charge in [0.2, 0.25) is 5.91 Å². The van der Waals surface area contributed by atoms with Gasteiger partial charge in [0.1, 0.15) is 12.3 Å². The van der Waals surface area contributed by atoms with Crippen LogP contribution in [-0.4, -0.2) is 63.5 Å². The molecule has 8 nitrogen and oxygen atoms in total. The molecule has 0 bridgehead atoms. The van der Waals surface area contributed by atoms with Gasteiger partial charge in [-0.2, -0.15) is 0 Å². The Kier molecular flexibility index (Phi) is 10.4. The summed E-state index contributed by atoms with van der Waals surface area (Å²) in [6.45, 7) is 1.27. The van der Waals surface area contributed by atoms with Crippen molar-refractivity contribution < 1.29 is 14.3 Å².